The van der Waals surface area contributed by atoms with Crippen LogP contribution in [-0.4, -0.2) is 0 Å². The van der Waals surface area contributed by atoms with Crippen molar-refractivity contribution in [3.63, 3.8) is 0 Å². The Morgan fingerprint density at radius 3 is 0.833 bits per heavy atom. The largest absolute Gasteiger partial charge is 0.0671 e. The Bertz CT molecular complexity index is 2110. The van der Waals surface area contributed by atoms with Gasteiger partial charge in [0, 0.05) is 10.6 Å². The summed E-state index contributed by atoms with van der Waals surface area (Å²) >= 11 is 0. The molecule has 226 valence electrons. The topological polar surface area (TPSA) is 0 Å². The molecule has 8 aromatic rings. The molecule has 0 amide bonds. The predicted octanol–water partition coefficient (Wildman–Crippen LogP) is 14.5. The summed E-state index contributed by atoms with van der Waals surface area (Å²) in [5.74, 6) is 4.73. The first-order chi connectivity index (χ1) is 23.8. The maximum atomic E-state index is 2.37. The van der Waals surface area contributed by atoms with E-state index in [9.17, 15) is 0 Å². The average Bonchev–Trinajstić information content (AvgIpc) is 3.19. The Hall–Kier alpha value is -5.38. The molecule has 2 heterocycles. The van der Waals surface area contributed by atoms with E-state index in [0.29, 0.717) is 0 Å². The summed E-state index contributed by atoms with van der Waals surface area (Å²) in [6.07, 6.45) is 0. The summed E-state index contributed by atoms with van der Waals surface area (Å²) in [5.41, 5.74) is 15.0. The third-order valence-corrected chi connectivity index (χ3v) is 10.9. The summed E-state index contributed by atoms with van der Waals surface area (Å²) in [7, 11) is 2.42. The van der Waals surface area contributed by atoms with Gasteiger partial charge in [0.2, 0.25) is 0 Å². The van der Waals surface area contributed by atoms with Crippen LogP contribution in [0.25, 0.3) is 77.4 Å². The van der Waals surface area contributed by atoms with Gasteiger partial charge < -0.3 is 0 Å². The number of hydrogen-bond donors (Lipinski definition) is 0. The third-order valence-electron chi connectivity index (χ3n) is 8.84. The van der Waals surface area contributed by atoms with Crippen LogP contribution in [-0.2, 0) is 0 Å². The van der Waals surface area contributed by atoms with Gasteiger partial charge in [0.1, 0.15) is 0 Å². The van der Waals surface area contributed by atoms with E-state index in [4.69, 9.17) is 0 Å². The van der Waals surface area contributed by atoms with Crippen LogP contribution in [0.1, 0.15) is 0 Å². The number of benzene rings is 6. The van der Waals surface area contributed by atoms with Gasteiger partial charge in [0.05, 0.1) is 0 Å². The Kier molecular flexibility index (Phi) is 8.60. The summed E-state index contributed by atoms with van der Waals surface area (Å²) in [6.45, 7) is 0. The third kappa shape index (κ3) is 6.30. The van der Waals surface area contributed by atoms with Gasteiger partial charge in [-0.15, -0.1) is 0 Å². The van der Waals surface area contributed by atoms with Crippen LogP contribution in [0.15, 0.2) is 194 Å². The van der Waals surface area contributed by atoms with E-state index in [1.165, 1.54) is 93.7 Å². The van der Waals surface area contributed by atoms with Crippen LogP contribution in [0, 0.1) is 0 Å². The fourth-order valence-corrected chi connectivity index (χ4v) is 8.42. The number of rotatable bonds is 7. The fraction of sp³-hybridized carbons (Fsp3) is 0. The minimum absolute atomic E-state index is 1.21. The molecule has 0 nitrogen and oxygen atoms in total. The maximum absolute atomic E-state index is 2.37. The first-order valence-corrected chi connectivity index (χ1v) is 18.2. The standard InChI is InChI=1S/C46H32P2/c1-5-13-35(14-6-1)41-29-45(39-17-9-3-10-18-39)47-31-43(41)37-25-21-33(22-26-37)34-23-27-38(28-24-34)44-32-48-46(40-19-11-4-12-20-40)30-42(44)36-15-7-2-8-16-36/h1-32H. The molecular weight excluding hydrogens is 614 g/mol. The Morgan fingerprint density at radius 1 is 0.229 bits per heavy atom. The van der Waals surface area contributed by atoms with Crippen molar-refractivity contribution < 1.29 is 0 Å². The highest BCUT2D eigenvalue weighted by Gasteiger charge is 2.13. The summed E-state index contributed by atoms with van der Waals surface area (Å²) < 4.78 is 0. The van der Waals surface area contributed by atoms with Crippen LogP contribution in [0.3, 0.4) is 0 Å². The van der Waals surface area contributed by atoms with Crippen LogP contribution in [0.2, 0.25) is 0 Å². The summed E-state index contributed by atoms with van der Waals surface area (Å²) in [6, 6.07) is 65.8. The Balaban J connectivity index is 1.11. The van der Waals surface area contributed by atoms with E-state index >= 15 is 0 Å². The highest BCUT2D eigenvalue weighted by molar-refractivity contribution is 7.33. The van der Waals surface area contributed by atoms with Crippen molar-refractivity contribution in [2.75, 3.05) is 0 Å². The van der Waals surface area contributed by atoms with Crippen molar-refractivity contribution in [1.82, 2.24) is 0 Å². The summed E-state index contributed by atoms with van der Waals surface area (Å²) in [5, 5.41) is 2.64. The molecule has 0 atom stereocenters. The second-order valence-electron chi connectivity index (χ2n) is 11.8. The minimum atomic E-state index is 1.21. The minimum Gasteiger partial charge on any atom is -0.0671 e. The highest BCUT2D eigenvalue weighted by Crippen LogP contribution is 2.42. The maximum Gasteiger partial charge on any atom is 0.00968 e. The number of hydrogen-bond acceptors (Lipinski definition) is 0. The van der Waals surface area contributed by atoms with Crippen molar-refractivity contribution >= 4 is 16.4 Å². The summed E-state index contributed by atoms with van der Waals surface area (Å²) in [4.78, 5) is 0. The molecule has 0 radical (unpaired) electrons. The molecule has 0 aliphatic carbocycles. The van der Waals surface area contributed by atoms with Gasteiger partial charge in [0.25, 0.3) is 0 Å². The van der Waals surface area contributed by atoms with Crippen LogP contribution in [0.4, 0.5) is 0 Å². The van der Waals surface area contributed by atoms with Gasteiger partial charge in [-0.1, -0.05) is 186 Å². The zero-order chi connectivity index (χ0) is 32.1. The Labute approximate surface area is 286 Å². The van der Waals surface area contributed by atoms with E-state index in [0.717, 1.165) is 0 Å². The molecule has 8 rings (SSSR count). The van der Waals surface area contributed by atoms with Crippen LogP contribution in [0.5, 0.6) is 0 Å². The zero-order valence-electron chi connectivity index (χ0n) is 26.4. The van der Waals surface area contributed by atoms with Gasteiger partial charge in [0.15, 0.2) is 0 Å². The van der Waals surface area contributed by atoms with Gasteiger partial charge >= 0.3 is 0 Å². The average molecular weight is 647 g/mol. The molecule has 0 spiro atoms. The lowest BCUT2D eigenvalue weighted by Crippen LogP contribution is -1.87. The quantitative estimate of drug-likeness (QED) is 0.162. The molecule has 0 aliphatic heterocycles. The lowest BCUT2D eigenvalue weighted by atomic mass is 9.93. The molecule has 6 aromatic carbocycles. The monoisotopic (exact) mass is 646 g/mol. The lowest BCUT2D eigenvalue weighted by molar-refractivity contribution is 1.58. The van der Waals surface area contributed by atoms with Gasteiger partial charge in [-0.25, -0.2) is 0 Å². The second kappa shape index (κ2) is 13.8. The normalized spacial score (nSPS) is 11.2. The molecule has 0 fully saturated rings. The van der Waals surface area contributed by atoms with Gasteiger partial charge in [-0.05, 0) is 90.5 Å². The van der Waals surface area contributed by atoms with E-state index in [1.54, 1.807) is 0 Å². The zero-order valence-corrected chi connectivity index (χ0v) is 28.2. The van der Waals surface area contributed by atoms with E-state index in [-0.39, 0.29) is 0 Å². The molecule has 0 saturated heterocycles. The molecule has 2 aromatic heterocycles. The van der Waals surface area contributed by atoms with E-state index in [1.807, 2.05) is 0 Å². The lowest BCUT2D eigenvalue weighted by Gasteiger charge is -2.14. The molecule has 48 heavy (non-hydrogen) atoms. The van der Waals surface area contributed by atoms with Crippen molar-refractivity contribution in [1.29, 1.82) is 0 Å². The molecule has 0 aliphatic rings. The van der Waals surface area contributed by atoms with E-state index in [2.05, 4.69) is 194 Å². The van der Waals surface area contributed by atoms with E-state index < -0.39 is 0 Å². The Morgan fingerprint density at radius 2 is 0.500 bits per heavy atom. The van der Waals surface area contributed by atoms with Crippen molar-refractivity contribution in [2.24, 2.45) is 0 Å². The molecule has 0 N–H and O–H groups in total. The first kappa shape index (κ1) is 30.0. The smallest absolute Gasteiger partial charge is 0.00968 e. The fourth-order valence-electron chi connectivity index (χ4n) is 6.30. The van der Waals surface area contributed by atoms with Crippen LogP contribution < -0.4 is 0 Å². The molecular formula is C46H32P2. The molecule has 0 unspecified atom stereocenters. The van der Waals surface area contributed by atoms with Crippen molar-refractivity contribution in [3.05, 3.63) is 194 Å². The van der Waals surface area contributed by atoms with Crippen molar-refractivity contribution in [2.45, 2.75) is 0 Å². The second-order valence-corrected chi connectivity index (χ2v) is 13.8. The first-order valence-electron chi connectivity index (χ1n) is 16.2. The van der Waals surface area contributed by atoms with Gasteiger partial charge in [-0.3, -0.25) is 0 Å². The highest BCUT2D eigenvalue weighted by atomic mass is 31.0. The van der Waals surface area contributed by atoms with Gasteiger partial charge in [-0.2, -0.15) is 0 Å². The van der Waals surface area contributed by atoms with Crippen molar-refractivity contribution in [3.8, 4) is 77.4 Å². The molecule has 0 saturated carbocycles. The predicted molar refractivity (Wildman–Crippen MR) is 210 cm³/mol. The SMILES string of the molecule is c1ccc(-c2cc(-c3ccccc3)c(-c3ccc(-c4ccc(-c5cpc(-c6ccccc6)cc5-c5ccccc5)cc4)cc3)cp2)cc1. The van der Waals surface area contributed by atoms with Crippen LogP contribution >= 0.6 is 16.4 Å². The molecule has 2 heteroatoms. The molecule has 0 bridgehead atoms.